The molecule has 1 aliphatic carbocycles. The maximum Gasteiger partial charge on any atom is 0.407 e. The molecule has 0 radical (unpaired) electrons. The summed E-state index contributed by atoms with van der Waals surface area (Å²) in [5.41, 5.74) is 4.81. The topological polar surface area (TPSA) is 64.6 Å². The monoisotopic (exact) mass is 381 g/mol. The molecule has 0 spiro atoms. The minimum atomic E-state index is -0.421. The average Bonchev–Trinajstić information content (AvgIpc) is 3.04. The van der Waals surface area contributed by atoms with E-state index in [2.05, 4.69) is 29.6 Å². The molecule has 1 amide bonds. The van der Waals surface area contributed by atoms with E-state index in [1.807, 2.05) is 31.2 Å². The van der Waals surface area contributed by atoms with Crippen LogP contribution in [-0.2, 0) is 14.3 Å². The lowest BCUT2D eigenvalue weighted by Crippen LogP contribution is -2.27. The Bertz CT molecular complexity index is 772. The normalized spacial score (nSPS) is 12.2. The van der Waals surface area contributed by atoms with Gasteiger partial charge in [0, 0.05) is 18.9 Å². The number of amides is 1. The first-order chi connectivity index (χ1) is 13.7. The van der Waals surface area contributed by atoms with Crippen LogP contribution < -0.4 is 5.32 Å². The zero-order valence-electron chi connectivity index (χ0n) is 16.3. The summed E-state index contributed by atoms with van der Waals surface area (Å²) in [4.78, 5) is 23.5. The lowest BCUT2D eigenvalue weighted by molar-refractivity contribution is -0.143. The van der Waals surface area contributed by atoms with E-state index >= 15 is 0 Å². The molecule has 0 bridgehead atoms. The summed E-state index contributed by atoms with van der Waals surface area (Å²) in [5.74, 6) is -0.116. The fourth-order valence-electron chi connectivity index (χ4n) is 3.52. The van der Waals surface area contributed by atoms with Crippen LogP contribution in [0.1, 0.15) is 49.7 Å². The van der Waals surface area contributed by atoms with Gasteiger partial charge < -0.3 is 14.8 Å². The Labute approximate surface area is 166 Å². The number of alkyl carbamates (subject to hydrolysis) is 1. The molecule has 0 fully saturated rings. The van der Waals surface area contributed by atoms with Gasteiger partial charge in [-0.3, -0.25) is 4.79 Å². The van der Waals surface area contributed by atoms with Crippen molar-refractivity contribution < 1.29 is 19.1 Å². The summed E-state index contributed by atoms with van der Waals surface area (Å²) in [6.45, 7) is 3.23. The molecule has 2 aromatic carbocycles. The average molecular weight is 381 g/mol. The van der Waals surface area contributed by atoms with Crippen molar-refractivity contribution >= 4 is 12.1 Å². The molecular weight excluding hydrogens is 354 g/mol. The summed E-state index contributed by atoms with van der Waals surface area (Å²) in [6, 6.07) is 16.5. The minimum absolute atomic E-state index is 0.0616. The highest BCUT2D eigenvalue weighted by molar-refractivity contribution is 5.79. The minimum Gasteiger partial charge on any atom is -0.466 e. The standard InChI is InChI=1S/C23H27NO4/c1-2-15-27-22(25)13-7-8-14-24-23(26)28-16-21-19-11-5-3-9-17(19)18-10-4-6-12-20(18)21/h3-6,9-12,21H,2,7-8,13-16H2,1H3,(H,24,26). The number of esters is 1. The van der Waals surface area contributed by atoms with Gasteiger partial charge >= 0.3 is 12.1 Å². The van der Waals surface area contributed by atoms with E-state index in [9.17, 15) is 9.59 Å². The van der Waals surface area contributed by atoms with Crippen LogP contribution in [0.5, 0.6) is 0 Å². The Morgan fingerprint density at radius 3 is 2.21 bits per heavy atom. The van der Waals surface area contributed by atoms with Gasteiger partial charge in [-0.1, -0.05) is 55.5 Å². The highest BCUT2D eigenvalue weighted by Crippen LogP contribution is 2.44. The quantitative estimate of drug-likeness (QED) is 0.507. The van der Waals surface area contributed by atoms with E-state index in [1.54, 1.807) is 0 Å². The fraction of sp³-hybridized carbons (Fsp3) is 0.391. The van der Waals surface area contributed by atoms with Crippen LogP contribution >= 0.6 is 0 Å². The summed E-state index contributed by atoms with van der Waals surface area (Å²) in [5, 5.41) is 2.76. The highest BCUT2D eigenvalue weighted by atomic mass is 16.5. The van der Waals surface area contributed by atoms with Crippen LogP contribution in [0.15, 0.2) is 48.5 Å². The van der Waals surface area contributed by atoms with Crippen molar-refractivity contribution in [3.8, 4) is 11.1 Å². The summed E-state index contributed by atoms with van der Waals surface area (Å²) in [6.07, 6.45) is 2.19. The van der Waals surface area contributed by atoms with Crippen LogP contribution in [0.25, 0.3) is 11.1 Å². The zero-order chi connectivity index (χ0) is 19.8. The Hall–Kier alpha value is -2.82. The number of rotatable bonds is 9. The molecule has 0 unspecified atom stereocenters. The first kappa shape index (κ1) is 19.9. The van der Waals surface area contributed by atoms with Crippen molar-refractivity contribution in [1.82, 2.24) is 5.32 Å². The van der Waals surface area contributed by atoms with Crippen molar-refractivity contribution in [2.24, 2.45) is 0 Å². The molecular formula is C23H27NO4. The van der Waals surface area contributed by atoms with E-state index < -0.39 is 6.09 Å². The molecule has 28 heavy (non-hydrogen) atoms. The van der Waals surface area contributed by atoms with Gasteiger partial charge in [0.15, 0.2) is 0 Å². The predicted octanol–water partition coefficient (Wildman–Crippen LogP) is 4.65. The molecule has 0 heterocycles. The van der Waals surface area contributed by atoms with Gasteiger partial charge in [-0.2, -0.15) is 0 Å². The van der Waals surface area contributed by atoms with Gasteiger partial charge in [-0.05, 0) is 41.5 Å². The first-order valence-corrected chi connectivity index (χ1v) is 9.95. The van der Waals surface area contributed by atoms with Crippen LogP contribution in [0.2, 0.25) is 0 Å². The van der Waals surface area contributed by atoms with Crippen LogP contribution in [0.3, 0.4) is 0 Å². The van der Waals surface area contributed by atoms with Gasteiger partial charge in [0.1, 0.15) is 6.61 Å². The number of unbranched alkanes of at least 4 members (excludes halogenated alkanes) is 1. The predicted molar refractivity (Wildman–Crippen MR) is 108 cm³/mol. The second kappa shape index (κ2) is 9.93. The number of carbonyl (C=O) groups excluding carboxylic acids is 2. The van der Waals surface area contributed by atoms with Crippen LogP contribution in [-0.4, -0.2) is 31.8 Å². The van der Waals surface area contributed by atoms with Gasteiger partial charge in [0.05, 0.1) is 6.61 Å². The molecule has 148 valence electrons. The SMILES string of the molecule is CCCOC(=O)CCCCNC(=O)OCC1c2ccccc2-c2ccccc21. The maximum absolute atomic E-state index is 12.0. The summed E-state index contributed by atoms with van der Waals surface area (Å²) < 4.78 is 10.5. The molecule has 2 aromatic rings. The largest absolute Gasteiger partial charge is 0.466 e. The lowest BCUT2D eigenvalue weighted by Gasteiger charge is -2.14. The number of benzene rings is 2. The second-order valence-corrected chi connectivity index (χ2v) is 6.93. The second-order valence-electron chi connectivity index (χ2n) is 6.93. The number of hydrogen-bond donors (Lipinski definition) is 1. The molecule has 5 nitrogen and oxygen atoms in total. The van der Waals surface area contributed by atoms with Crippen molar-refractivity contribution in [1.29, 1.82) is 0 Å². The summed E-state index contributed by atoms with van der Waals surface area (Å²) >= 11 is 0. The highest BCUT2D eigenvalue weighted by Gasteiger charge is 2.28. The molecule has 1 aliphatic rings. The number of hydrogen-bond acceptors (Lipinski definition) is 4. The Morgan fingerprint density at radius 1 is 0.929 bits per heavy atom. The maximum atomic E-state index is 12.0. The third-order valence-electron chi connectivity index (χ3n) is 4.89. The fourth-order valence-corrected chi connectivity index (χ4v) is 3.52. The van der Waals surface area contributed by atoms with Crippen molar-refractivity contribution in [2.75, 3.05) is 19.8 Å². The van der Waals surface area contributed by atoms with Gasteiger partial charge in [0.25, 0.3) is 0 Å². The van der Waals surface area contributed by atoms with Crippen molar-refractivity contribution in [2.45, 2.75) is 38.5 Å². The molecule has 3 rings (SSSR count). The lowest BCUT2D eigenvalue weighted by atomic mass is 9.98. The van der Waals surface area contributed by atoms with E-state index in [-0.39, 0.29) is 11.9 Å². The number of nitrogens with one attached hydrogen (secondary N) is 1. The molecule has 0 aromatic heterocycles. The van der Waals surface area contributed by atoms with Crippen LogP contribution in [0, 0.1) is 0 Å². The van der Waals surface area contributed by atoms with Crippen molar-refractivity contribution in [3.05, 3.63) is 59.7 Å². The van der Waals surface area contributed by atoms with Gasteiger partial charge in [-0.25, -0.2) is 4.79 Å². The van der Waals surface area contributed by atoms with Gasteiger partial charge in [-0.15, -0.1) is 0 Å². The summed E-state index contributed by atoms with van der Waals surface area (Å²) in [7, 11) is 0. The number of carbonyl (C=O) groups is 2. The number of ether oxygens (including phenoxy) is 2. The molecule has 0 saturated carbocycles. The molecule has 0 atom stereocenters. The third-order valence-corrected chi connectivity index (χ3v) is 4.89. The molecule has 0 saturated heterocycles. The third kappa shape index (κ3) is 4.91. The Morgan fingerprint density at radius 2 is 1.57 bits per heavy atom. The first-order valence-electron chi connectivity index (χ1n) is 9.95. The van der Waals surface area contributed by atoms with E-state index in [0.717, 1.165) is 6.42 Å². The Kier molecular flexibility index (Phi) is 7.06. The zero-order valence-corrected chi connectivity index (χ0v) is 16.3. The van der Waals surface area contributed by atoms with Crippen molar-refractivity contribution in [3.63, 3.8) is 0 Å². The molecule has 0 aliphatic heterocycles. The van der Waals surface area contributed by atoms with Crippen LogP contribution in [0.4, 0.5) is 4.79 Å². The molecule has 1 N–H and O–H groups in total. The smallest absolute Gasteiger partial charge is 0.407 e. The van der Waals surface area contributed by atoms with Gasteiger partial charge in [0.2, 0.25) is 0 Å². The van der Waals surface area contributed by atoms with E-state index in [4.69, 9.17) is 9.47 Å². The van der Waals surface area contributed by atoms with E-state index in [0.29, 0.717) is 39.0 Å². The Balaban J connectivity index is 1.42. The molecule has 5 heteroatoms. The van der Waals surface area contributed by atoms with E-state index in [1.165, 1.54) is 22.3 Å². The number of fused-ring (bicyclic) bond motifs is 3.